The molecular formula is C27H25F3N2O5. The number of halogens is 3. The molecule has 0 amide bonds. The van der Waals surface area contributed by atoms with Gasteiger partial charge in [0.25, 0.3) is 0 Å². The number of rotatable bonds is 10. The highest BCUT2D eigenvalue weighted by Crippen LogP contribution is 2.22. The lowest BCUT2D eigenvalue weighted by Gasteiger charge is -2.09. The zero-order chi connectivity index (χ0) is 27.0. The van der Waals surface area contributed by atoms with Crippen LogP contribution in [0.4, 0.5) is 24.5 Å². The van der Waals surface area contributed by atoms with Gasteiger partial charge in [-0.15, -0.1) is 0 Å². The van der Waals surface area contributed by atoms with Crippen molar-refractivity contribution in [2.24, 2.45) is 0 Å². The van der Waals surface area contributed by atoms with Gasteiger partial charge in [-0.05, 0) is 91.1 Å². The maximum absolute atomic E-state index is 12.3. The Hall–Kier alpha value is -4.47. The number of carbonyl (C=O) groups is 2. The Balaban J connectivity index is 1.57. The van der Waals surface area contributed by atoms with Crippen LogP contribution < -0.4 is 20.9 Å². The molecule has 10 heteroatoms. The molecule has 0 fully saturated rings. The summed E-state index contributed by atoms with van der Waals surface area (Å²) in [5, 5.41) is 9.57. The minimum atomic E-state index is -4.46. The van der Waals surface area contributed by atoms with Crippen LogP contribution >= 0.6 is 0 Å². The fourth-order valence-electron chi connectivity index (χ4n) is 3.47. The average Bonchev–Trinajstić information content (AvgIpc) is 2.82. The highest BCUT2D eigenvalue weighted by atomic mass is 19.4. The quantitative estimate of drug-likeness (QED) is 0.141. The average molecular weight is 515 g/mol. The molecule has 0 radical (unpaired) electrons. The highest BCUT2D eigenvalue weighted by molar-refractivity contribution is 5.92. The van der Waals surface area contributed by atoms with Gasteiger partial charge in [0.15, 0.2) is 6.61 Å². The number of carboxylic acid groups (broad SMARTS) is 1. The van der Waals surface area contributed by atoms with E-state index in [-0.39, 0.29) is 22.6 Å². The molecule has 5 N–H and O–H groups in total. The summed E-state index contributed by atoms with van der Waals surface area (Å²) in [5.74, 6) is -1.56. The molecule has 0 unspecified atom stereocenters. The molecular weight excluding hydrogens is 489 g/mol. The Labute approximate surface area is 211 Å². The van der Waals surface area contributed by atoms with Crippen LogP contribution in [0.5, 0.6) is 11.5 Å². The Morgan fingerprint density at radius 1 is 0.892 bits per heavy atom. The number of aryl methyl sites for hydroxylation is 1. The minimum absolute atomic E-state index is 0.0312. The summed E-state index contributed by atoms with van der Waals surface area (Å²) in [7, 11) is 0. The van der Waals surface area contributed by atoms with Crippen molar-refractivity contribution in [1.82, 2.24) is 0 Å². The van der Waals surface area contributed by atoms with E-state index in [1.54, 1.807) is 36.4 Å². The lowest BCUT2D eigenvalue weighted by Crippen LogP contribution is -2.19. The van der Waals surface area contributed by atoms with Gasteiger partial charge in [0.2, 0.25) is 0 Å². The first kappa shape index (κ1) is 27.1. The third-order valence-corrected chi connectivity index (χ3v) is 5.15. The van der Waals surface area contributed by atoms with Crippen molar-refractivity contribution in [1.29, 1.82) is 0 Å². The van der Waals surface area contributed by atoms with Crippen molar-refractivity contribution in [2.45, 2.75) is 25.4 Å². The summed E-state index contributed by atoms with van der Waals surface area (Å²) in [4.78, 5) is 24.0. The Bertz CT molecular complexity index is 1250. The van der Waals surface area contributed by atoms with Crippen LogP contribution in [0, 0.1) is 0 Å². The molecule has 0 aliphatic heterocycles. The molecule has 0 saturated heterocycles. The van der Waals surface area contributed by atoms with Crippen molar-refractivity contribution < 1.29 is 37.3 Å². The highest BCUT2D eigenvalue weighted by Gasteiger charge is 2.28. The SMILES string of the molecule is Nc1cc(N)cc(CCC/C(=C\c2ccc(OC(=O)c3ccc(OCC(F)(F)F)cc3)cc2)C(=O)O)c1. The van der Waals surface area contributed by atoms with E-state index in [0.717, 1.165) is 5.56 Å². The van der Waals surface area contributed by atoms with Crippen LogP contribution in [0.2, 0.25) is 0 Å². The normalized spacial score (nSPS) is 11.7. The molecule has 0 aliphatic carbocycles. The monoisotopic (exact) mass is 514 g/mol. The summed E-state index contributed by atoms with van der Waals surface area (Å²) in [6.45, 7) is -1.43. The first-order valence-electron chi connectivity index (χ1n) is 11.2. The Kier molecular flexibility index (Phi) is 8.78. The van der Waals surface area contributed by atoms with Crippen LogP contribution in [-0.4, -0.2) is 29.8 Å². The first-order valence-corrected chi connectivity index (χ1v) is 11.2. The van der Waals surface area contributed by atoms with Crippen LogP contribution in [0.25, 0.3) is 6.08 Å². The first-order chi connectivity index (χ1) is 17.5. The van der Waals surface area contributed by atoms with E-state index in [0.29, 0.717) is 36.2 Å². The van der Waals surface area contributed by atoms with Crippen molar-refractivity contribution in [3.05, 3.63) is 89.0 Å². The number of aliphatic carboxylic acids is 1. The van der Waals surface area contributed by atoms with Gasteiger partial charge < -0.3 is 26.0 Å². The molecule has 3 aromatic carbocycles. The lowest BCUT2D eigenvalue weighted by molar-refractivity contribution is -0.153. The van der Waals surface area contributed by atoms with Gasteiger partial charge in [0, 0.05) is 16.9 Å². The van der Waals surface area contributed by atoms with Crippen molar-refractivity contribution in [2.75, 3.05) is 18.1 Å². The molecule has 7 nitrogen and oxygen atoms in total. The van der Waals surface area contributed by atoms with Crippen molar-refractivity contribution in [3.8, 4) is 11.5 Å². The molecule has 3 rings (SSSR count). The lowest BCUT2D eigenvalue weighted by atomic mass is 10.0. The Morgan fingerprint density at radius 2 is 1.49 bits per heavy atom. The third-order valence-electron chi connectivity index (χ3n) is 5.15. The smallest absolute Gasteiger partial charge is 0.422 e. The summed E-state index contributed by atoms with van der Waals surface area (Å²) < 4.78 is 46.6. The van der Waals surface area contributed by atoms with E-state index in [2.05, 4.69) is 4.74 Å². The number of carboxylic acids is 1. The molecule has 194 valence electrons. The number of benzene rings is 3. The maximum atomic E-state index is 12.3. The molecule has 3 aromatic rings. The van der Waals surface area contributed by atoms with E-state index >= 15 is 0 Å². The Morgan fingerprint density at radius 3 is 2.05 bits per heavy atom. The molecule has 0 aliphatic rings. The van der Waals surface area contributed by atoms with Gasteiger partial charge in [-0.1, -0.05) is 12.1 Å². The van der Waals surface area contributed by atoms with Crippen molar-refractivity contribution in [3.63, 3.8) is 0 Å². The number of anilines is 2. The summed E-state index contributed by atoms with van der Waals surface area (Å²) >= 11 is 0. The predicted molar refractivity (Wildman–Crippen MR) is 133 cm³/mol. The third kappa shape index (κ3) is 8.92. The number of esters is 1. The number of nitrogens with two attached hydrogens (primary N) is 2. The van der Waals surface area contributed by atoms with Crippen LogP contribution in [0.3, 0.4) is 0 Å². The number of ether oxygens (including phenoxy) is 2. The van der Waals surface area contributed by atoms with Crippen LogP contribution in [0.15, 0.2) is 72.3 Å². The second kappa shape index (κ2) is 12.0. The molecule has 0 atom stereocenters. The van der Waals surface area contributed by atoms with Crippen LogP contribution in [-0.2, 0) is 11.2 Å². The van der Waals surface area contributed by atoms with Gasteiger partial charge in [-0.2, -0.15) is 13.2 Å². The second-order valence-electron chi connectivity index (χ2n) is 8.22. The minimum Gasteiger partial charge on any atom is -0.484 e. The van der Waals surface area contributed by atoms with E-state index < -0.39 is 24.7 Å². The number of carbonyl (C=O) groups excluding carboxylic acids is 1. The fourth-order valence-corrected chi connectivity index (χ4v) is 3.47. The number of alkyl halides is 3. The van der Waals surface area contributed by atoms with Gasteiger partial charge in [-0.3, -0.25) is 0 Å². The summed E-state index contributed by atoms with van der Waals surface area (Å²) in [5.41, 5.74) is 14.6. The molecule has 0 saturated carbocycles. The number of hydrogen-bond donors (Lipinski definition) is 3. The predicted octanol–water partition coefficient (Wildman–Crippen LogP) is 5.50. The molecule has 0 heterocycles. The topological polar surface area (TPSA) is 125 Å². The number of nitrogen functional groups attached to an aromatic ring is 2. The van der Waals surface area contributed by atoms with Gasteiger partial charge >= 0.3 is 18.1 Å². The van der Waals surface area contributed by atoms with E-state index in [9.17, 15) is 27.9 Å². The van der Waals surface area contributed by atoms with Crippen molar-refractivity contribution >= 4 is 29.4 Å². The van der Waals surface area contributed by atoms with Gasteiger partial charge in [0.1, 0.15) is 11.5 Å². The fraction of sp³-hybridized carbons (Fsp3) is 0.185. The number of hydrogen-bond acceptors (Lipinski definition) is 6. The standard InChI is InChI=1S/C27H25F3N2O5/c28-27(29,30)16-36-23-10-6-19(7-11-23)26(35)37-24-8-4-17(5-9-24)12-20(25(33)34)3-1-2-18-13-21(31)15-22(32)14-18/h4-15H,1-3,16,31-32H2,(H,33,34)/b20-12+. The second-order valence-corrected chi connectivity index (χ2v) is 8.22. The molecule has 0 bridgehead atoms. The zero-order valence-electron chi connectivity index (χ0n) is 19.6. The molecule has 37 heavy (non-hydrogen) atoms. The van der Waals surface area contributed by atoms with Gasteiger partial charge in [0.05, 0.1) is 5.56 Å². The summed E-state index contributed by atoms with van der Waals surface area (Å²) in [6, 6.07) is 16.6. The van der Waals surface area contributed by atoms with E-state index in [1.165, 1.54) is 36.4 Å². The largest absolute Gasteiger partial charge is 0.484 e. The summed E-state index contributed by atoms with van der Waals surface area (Å²) in [6.07, 6.45) is -1.40. The van der Waals surface area contributed by atoms with Gasteiger partial charge in [-0.25, -0.2) is 9.59 Å². The van der Waals surface area contributed by atoms with E-state index in [1.807, 2.05) is 0 Å². The molecule has 0 spiro atoms. The maximum Gasteiger partial charge on any atom is 0.422 e. The zero-order valence-corrected chi connectivity index (χ0v) is 19.6. The molecule has 0 aromatic heterocycles. The van der Waals surface area contributed by atoms with E-state index in [4.69, 9.17) is 16.2 Å². The van der Waals surface area contributed by atoms with Crippen LogP contribution in [0.1, 0.15) is 34.3 Å².